The van der Waals surface area contributed by atoms with Crippen molar-refractivity contribution in [3.63, 3.8) is 0 Å². The Labute approximate surface area is 114 Å². The zero-order chi connectivity index (χ0) is 15.0. The average molecular weight is 290 g/mol. The van der Waals surface area contributed by atoms with Crippen LogP contribution in [0, 0.1) is 10.1 Å². The number of aromatic nitrogens is 1. The van der Waals surface area contributed by atoms with E-state index < -0.39 is 18.0 Å². The molecule has 7 nitrogen and oxygen atoms in total. The smallest absolute Gasteiger partial charge is 0.276 e. The van der Waals surface area contributed by atoms with Crippen LogP contribution < -0.4 is 10.6 Å². The molecule has 0 spiro atoms. The van der Waals surface area contributed by atoms with Crippen molar-refractivity contribution in [3.8, 4) is 0 Å². The zero-order valence-corrected chi connectivity index (χ0v) is 10.9. The summed E-state index contributed by atoms with van der Waals surface area (Å²) >= 11 is 0. The van der Waals surface area contributed by atoms with Gasteiger partial charge >= 0.3 is 0 Å². The molecule has 0 fully saturated rings. The molecule has 0 unspecified atom stereocenters. The Bertz CT molecular complexity index is 446. The van der Waals surface area contributed by atoms with Gasteiger partial charge < -0.3 is 15.4 Å². The van der Waals surface area contributed by atoms with E-state index in [0.29, 0.717) is 12.4 Å². The third-order valence-electron chi connectivity index (χ3n) is 2.18. The van der Waals surface area contributed by atoms with E-state index in [1.165, 1.54) is 12.1 Å². The second kappa shape index (κ2) is 8.20. The maximum atomic E-state index is 11.8. The summed E-state index contributed by atoms with van der Waals surface area (Å²) in [5.41, 5.74) is -0.105. The highest BCUT2D eigenvalue weighted by Crippen LogP contribution is 2.20. The van der Waals surface area contributed by atoms with Crippen LogP contribution in [-0.2, 0) is 4.74 Å². The predicted molar refractivity (Wildman–Crippen MR) is 70.4 cm³/mol. The number of nitrogens with one attached hydrogen (secondary N) is 2. The summed E-state index contributed by atoms with van der Waals surface area (Å²) in [7, 11) is 0. The maximum absolute atomic E-state index is 11.8. The molecule has 0 aromatic carbocycles. The molecule has 112 valence electrons. The van der Waals surface area contributed by atoms with Crippen molar-refractivity contribution in [3.05, 3.63) is 22.2 Å². The van der Waals surface area contributed by atoms with Crippen LogP contribution in [0.4, 0.5) is 26.1 Å². The first kappa shape index (κ1) is 16.0. The van der Waals surface area contributed by atoms with Gasteiger partial charge in [0.05, 0.1) is 23.7 Å². The van der Waals surface area contributed by atoms with E-state index in [-0.39, 0.29) is 24.7 Å². The Balaban J connectivity index is 2.57. The fourth-order valence-electron chi connectivity index (χ4n) is 1.41. The lowest BCUT2D eigenvalue weighted by molar-refractivity contribution is -0.384. The minimum atomic E-state index is -2.51. The Kier molecular flexibility index (Phi) is 6.57. The van der Waals surface area contributed by atoms with Crippen LogP contribution in [0.2, 0.25) is 0 Å². The molecule has 0 amide bonds. The number of hydrogen-bond donors (Lipinski definition) is 2. The molecule has 1 rings (SSSR count). The Morgan fingerprint density at radius 1 is 1.40 bits per heavy atom. The largest absolute Gasteiger partial charge is 0.374 e. The van der Waals surface area contributed by atoms with E-state index in [1.807, 2.05) is 6.92 Å². The molecule has 0 aliphatic carbocycles. The number of ether oxygens (including phenoxy) is 1. The fourth-order valence-corrected chi connectivity index (χ4v) is 1.41. The summed E-state index contributed by atoms with van der Waals surface area (Å²) in [4.78, 5) is 14.4. The fraction of sp³-hybridized carbons (Fsp3) is 0.545. The number of alkyl halides is 2. The van der Waals surface area contributed by atoms with E-state index in [9.17, 15) is 18.9 Å². The van der Waals surface area contributed by atoms with Gasteiger partial charge in [0.1, 0.15) is 18.2 Å². The molecule has 9 heteroatoms. The summed E-state index contributed by atoms with van der Waals surface area (Å²) in [5.74, 6) is 0.661. The highest BCUT2D eigenvalue weighted by molar-refractivity contribution is 5.54. The van der Waals surface area contributed by atoms with Crippen LogP contribution in [0.25, 0.3) is 0 Å². The van der Waals surface area contributed by atoms with Crippen LogP contribution in [0.1, 0.15) is 6.92 Å². The van der Waals surface area contributed by atoms with Gasteiger partial charge in [-0.15, -0.1) is 0 Å². The molecule has 0 radical (unpaired) electrons. The molecular formula is C11H16F2N4O3. The lowest BCUT2D eigenvalue weighted by Crippen LogP contribution is -2.14. The van der Waals surface area contributed by atoms with Gasteiger partial charge in [-0.25, -0.2) is 13.8 Å². The number of halogens is 2. The zero-order valence-electron chi connectivity index (χ0n) is 10.9. The first-order chi connectivity index (χ1) is 9.52. The molecule has 0 atom stereocenters. The Morgan fingerprint density at radius 2 is 2.05 bits per heavy atom. The summed E-state index contributed by atoms with van der Waals surface area (Å²) < 4.78 is 28.3. The van der Waals surface area contributed by atoms with E-state index in [1.54, 1.807) is 0 Å². The van der Waals surface area contributed by atoms with Crippen molar-refractivity contribution in [2.24, 2.45) is 0 Å². The molecule has 1 aromatic rings. The minimum Gasteiger partial charge on any atom is -0.374 e. The topological polar surface area (TPSA) is 89.3 Å². The molecule has 0 bridgehead atoms. The second-order valence-electron chi connectivity index (χ2n) is 3.78. The van der Waals surface area contributed by atoms with Crippen molar-refractivity contribution < 1.29 is 18.4 Å². The van der Waals surface area contributed by atoms with E-state index in [2.05, 4.69) is 20.4 Å². The lowest BCUT2D eigenvalue weighted by Gasteiger charge is -2.09. The lowest BCUT2D eigenvalue weighted by atomic mass is 10.3. The molecule has 2 N–H and O–H groups in total. The molecule has 0 saturated heterocycles. The van der Waals surface area contributed by atoms with Crippen LogP contribution in [-0.4, -0.2) is 42.6 Å². The van der Waals surface area contributed by atoms with Crippen LogP contribution in [0.3, 0.4) is 0 Å². The SMILES string of the molecule is CCNc1cc([N+](=O)[O-])cc(NCCOCC(F)F)n1. The quantitative estimate of drug-likeness (QED) is 0.411. The van der Waals surface area contributed by atoms with Crippen molar-refractivity contribution >= 4 is 17.3 Å². The highest BCUT2D eigenvalue weighted by atomic mass is 19.3. The summed E-state index contributed by atoms with van der Waals surface area (Å²) in [5, 5.41) is 16.4. The third kappa shape index (κ3) is 5.74. The number of nitro groups is 1. The summed E-state index contributed by atoms with van der Waals surface area (Å²) in [6, 6.07) is 2.59. The normalized spacial score (nSPS) is 10.6. The minimum absolute atomic E-state index is 0.0608. The number of rotatable bonds is 9. The average Bonchev–Trinajstić information content (AvgIpc) is 2.38. The van der Waals surface area contributed by atoms with Gasteiger partial charge in [-0.05, 0) is 6.92 Å². The monoisotopic (exact) mass is 290 g/mol. The molecule has 0 aliphatic rings. The van der Waals surface area contributed by atoms with Crippen LogP contribution in [0.5, 0.6) is 0 Å². The molecular weight excluding hydrogens is 274 g/mol. The predicted octanol–water partition coefficient (Wildman–Crippen LogP) is 2.12. The van der Waals surface area contributed by atoms with Crippen molar-refractivity contribution in [1.82, 2.24) is 4.98 Å². The molecule has 1 aromatic heterocycles. The molecule has 1 heterocycles. The number of hydrogen-bond acceptors (Lipinski definition) is 6. The summed E-state index contributed by atoms with van der Waals surface area (Å²) in [6.45, 7) is 2.07. The molecule has 20 heavy (non-hydrogen) atoms. The van der Waals surface area contributed by atoms with Gasteiger partial charge in [-0.2, -0.15) is 0 Å². The molecule has 0 aliphatic heterocycles. The van der Waals surface area contributed by atoms with Gasteiger partial charge in [-0.1, -0.05) is 0 Å². The number of pyridine rings is 1. The Morgan fingerprint density at radius 3 is 2.60 bits per heavy atom. The summed E-state index contributed by atoms with van der Waals surface area (Å²) in [6.07, 6.45) is -2.51. The molecule has 0 saturated carbocycles. The second-order valence-corrected chi connectivity index (χ2v) is 3.78. The van der Waals surface area contributed by atoms with Crippen molar-refractivity contribution in [2.75, 3.05) is 36.9 Å². The maximum Gasteiger partial charge on any atom is 0.276 e. The van der Waals surface area contributed by atoms with Gasteiger partial charge in [0.15, 0.2) is 0 Å². The van der Waals surface area contributed by atoms with Gasteiger partial charge in [0.2, 0.25) is 0 Å². The first-order valence-electron chi connectivity index (χ1n) is 6.03. The van der Waals surface area contributed by atoms with Gasteiger partial charge in [0.25, 0.3) is 12.1 Å². The number of nitrogens with zero attached hydrogens (tertiary/aromatic N) is 2. The van der Waals surface area contributed by atoms with Crippen molar-refractivity contribution in [1.29, 1.82) is 0 Å². The van der Waals surface area contributed by atoms with E-state index in [4.69, 9.17) is 0 Å². The van der Waals surface area contributed by atoms with Gasteiger partial charge in [-0.3, -0.25) is 10.1 Å². The van der Waals surface area contributed by atoms with Crippen LogP contribution in [0.15, 0.2) is 12.1 Å². The van der Waals surface area contributed by atoms with E-state index in [0.717, 1.165) is 0 Å². The number of anilines is 2. The van der Waals surface area contributed by atoms with Gasteiger partial charge in [0, 0.05) is 13.1 Å². The third-order valence-corrected chi connectivity index (χ3v) is 2.18. The highest BCUT2D eigenvalue weighted by Gasteiger charge is 2.10. The van der Waals surface area contributed by atoms with E-state index >= 15 is 0 Å². The Hall–Kier alpha value is -2.03. The van der Waals surface area contributed by atoms with Crippen LogP contribution >= 0.6 is 0 Å². The van der Waals surface area contributed by atoms with Crippen molar-refractivity contribution in [2.45, 2.75) is 13.3 Å². The first-order valence-corrected chi connectivity index (χ1v) is 6.03. The standard InChI is InChI=1S/C11H16F2N4O3/c1-2-14-10-5-8(17(18)19)6-11(16-10)15-3-4-20-7-9(12)13/h5-6,9H,2-4,7H2,1H3,(H2,14,15,16).